The third kappa shape index (κ3) is 4.82. The summed E-state index contributed by atoms with van der Waals surface area (Å²) in [6.45, 7) is 8.09. The molecule has 19 heavy (non-hydrogen) atoms. The summed E-state index contributed by atoms with van der Waals surface area (Å²) in [5.74, 6) is 0.0715. The van der Waals surface area contributed by atoms with E-state index in [0.717, 1.165) is 19.4 Å². The van der Waals surface area contributed by atoms with Crippen LogP contribution in [-0.4, -0.2) is 50.1 Å². The average Bonchev–Trinajstić information content (AvgIpc) is 2.37. The maximum Gasteiger partial charge on any atom is 0.227 e. The molecular formula is C14H26N2O3. The van der Waals surface area contributed by atoms with Crippen molar-refractivity contribution in [3.8, 4) is 0 Å². The molecule has 0 aromatic rings. The Kier molecular flexibility index (Phi) is 5.79. The lowest BCUT2D eigenvalue weighted by Crippen LogP contribution is -2.49. The normalized spacial score (nSPS) is 20.2. The summed E-state index contributed by atoms with van der Waals surface area (Å²) >= 11 is 0. The molecule has 1 aliphatic rings. The van der Waals surface area contributed by atoms with Gasteiger partial charge < -0.3 is 15.0 Å². The first-order valence-corrected chi connectivity index (χ1v) is 6.92. The second-order valence-electron chi connectivity index (χ2n) is 6.12. The van der Waals surface area contributed by atoms with Gasteiger partial charge in [0.2, 0.25) is 11.8 Å². The van der Waals surface area contributed by atoms with Gasteiger partial charge in [-0.3, -0.25) is 9.59 Å². The van der Waals surface area contributed by atoms with Crippen molar-refractivity contribution in [3.05, 3.63) is 0 Å². The standard InChI is InChI=1S/C14H26N2O3/c1-14(2,3)13(18)16-8-5-6-11(10-16)12(17)15-7-9-19-4/h11H,5-10H2,1-4H3,(H,15,17). The molecule has 1 fully saturated rings. The van der Waals surface area contributed by atoms with E-state index in [1.165, 1.54) is 0 Å². The molecule has 0 aromatic heterocycles. The molecular weight excluding hydrogens is 244 g/mol. The Morgan fingerprint density at radius 3 is 2.63 bits per heavy atom. The molecule has 0 radical (unpaired) electrons. The molecule has 1 aliphatic heterocycles. The van der Waals surface area contributed by atoms with Crippen molar-refractivity contribution < 1.29 is 14.3 Å². The van der Waals surface area contributed by atoms with Crippen LogP contribution in [0.25, 0.3) is 0 Å². The second-order valence-corrected chi connectivity index (χ2v) is 6.12. The van der Waals surface area contributed by atoms with E-state index in [1.807, 2.05) is 25.7 Å². The number of nitrogens with one attached hydrogen (secondary N) is 1. The van der Waals surface area contributed by atoms with E-state index in [-0.39, 0.29) is 23.1 Å². The third-order valence-corrected chi connectivity index (χ3v) is 3.33. The molecule has 1 rings (SSSR count). The summed E-state index contributed by atoms with van der Waals surface area (Å²) in [7, 11) is 1.61. The molecule has 0 saturated carbocycles. The van der Waals surface area contributed by atoms with Gasteiger partial charge in [-0.15, -0.1) is 0 Å². The zero-order valence-corrected chi connectivity index (χ0v) is 12.5. The van der Waals surface area contributed by atoms with Crippen LogP contribution in [0.2, 0.25) is 0 Å². The predicted octanol–water partition coefficient (Wildman–Crippen LogP) is 1.03. The molecule has 1 atom stereocenters. The number of nitrogens with zero attached hydrogens (tertiary/aromatic N) is 1. The van der Waals surface area contributed by atoms with Crippen molar-refractivity contribution in [1.29, 1.82) is 0 Å². The molecule has 2 amide bonds. The number of amides is 2. The molecule has 1 N–H and O–H groups in total. The fraction of sp³-hybridized carbons (Fsp3) is 0.857. The zero-order valence-electron chi connectivity index (χ0n) is 12.5. The summed E-state index contributed by atoms with van der Waals surface area (Å²) in [4.78, 5) is 26.0. The summed E-state index contributed by atoms with van der Waals surface area (Å²) in [6, 6.07) is 0. The van der Waals surface area contributed by atoms with Crippen LogP contribution in [0.5, 0.6) is 0 Å². The second kappa shape index (κ2) is 6.89. The van der Waals surface area contributed by atoms with Crippen molar-refractivity contribution in [2.45, 2.75) is 33.6 Å². The van der Waals surface area contributed by atoms with E-state index in [4.69, 9.17) is 4.74 Å². The van der Waals surface area contributed by atoms with Crippen molar-refractivity contribution in [2.75, 3.05) is 33.4 Å². The summed E-state index contributed by atoms with van der Waals surface area (Å²) < 4.78 is 4.90. The number of hydrogen-bond acceptors (Lipinski definition) is 3. The summed E-state index contributed by atoms with van der Waals surface area (Å²) in [6.07, 6.45) is 1.75. The van der Waals surface area contributed by atoms with Gasteiger partial charge in [0.25, 0.3) is 0 Å². The van der Waals surface area contributed by atoms with Gasteiger partial charge in [-0.1, -0.05) is 20.8 Å². The van der Waals surface area contributed by atoms with Gasteiger partial charge >= 0.3 is 0 Å². The Labute approximate surface area is 115 Å². The number of hydrogen-bond donors (Lipinski definition) is 1. The van der Waals surface area contributed by atoms with E-state index in [0.29, 0.717) is 19.7 Å². The molecule has 0 aromatic carbocycles. The van der Waals surface area contributed by atoms with Crippen molar-refractivity contribution in [1.82, 2.24) is 10.2 Å². The number of carbonyl (C=O) groups excluding carboxylic acids is 2. The Balaban J connectivity index is 2.50. The first kappa shape index (κ1) is 16.0. The molecule has 110 valence electrons. The molecule has 5 heteroatoms. The van der Waals surface area contributed by atoms with Gasteiger partial charge in [0, 0.05) is 32.2 Å². The Morgan fingerprint density at radius 1 is 1.37 bits per heavy atom. The predicted molar refractivity (Wildman–Crippen MR) is 73.6 cm³/mol. The van der Waals surface area contributed by atoms with Crippen LogP contribution in [0.3, 0.4) is 0 Å². The Bertz CT molecular complexity index is 323. The fourth-order valence-corrected chi connectivity index (χ4v) is 2.27. The monoisotopic (exact) mass is 270 g/mol. The lowest BCUT2D eigenvalue weighted by Gasteiger charge is -2.35. The van der Waals surface area contributed by atoms with E-state index in [2.05, 4.69) is 5.32 Å². The maximum atomic E-state index is 12.2. The zero-order chi connectivity index (χ0) is 14.5. The van der Waals surface area contributed by atoms with Gasteiger partial charge in [0.15, 0.2) is 0 Å². The molecule has 0 aliphatic carbocycles. The quantitative estimate of drug-likeness (QED) is 0.776. The van der Waals surface area contributed by atoms with E-state index < -0.39 is 0 Å². The topological polar surface area (TPSA) is 58.6 Å². The van der Waals surface area contributed by atoms with E-state index in [1.54, 1.807) is 7.11 Å². The number of piperidine rings is 1. The van der Waals surface area contributed by atoms with Crippen LogP contribution in [0.4, 0.5) is 0 Å². The number of likely N-dealkylation sites (tertiary alicyclic amines) is 1. The highest BCUT2D eigenvalue weighted by Gasteiger charge is 2.33. The smallest absolute Gasteiger partial charge is 0.227 e. The number of carbonyl (C=O) groups is 2. The number of rotatable bonds is 4. The molecule has 0 spiro atoms. The van der Waals surface area contributed by atoms with Crippen LogP contribution in [0.1, 0.15) is 33.6 Å². The van der Waals surface area contributed by atoms with Crippen molar-refractivity contribution in [2.24, 2.45) is 11.3 Å². The maximum absolute atomic E-state index is 12.2. The van der Waals surface area contributed by atoms with Crippen LogP contribution in [-0.2, 0) is 14.3 Å². The molecule has 0 bridgehead atoms. The van der Waals surface area contributed by atoms with Gasteiger partial charge in [-0.25, -0.2) is 0 Å². The minimum absolute atomic E-state index is 0.0310. The minimum atomic E-state index is -0.381. The molecule has 1 saturated heterocycles. The fourth-order valence-electron chi connectivity index (χ4n) is 2.27. The first-order valence-electron chi connectivity index (χ1n) is 6.92. The highest BCUT2D eigenvalue weighted by Crippen LogP contribution is 2.23. The average molecular weight is 270 g/mol. The van der Waals surface area contributed by atoms with Crippen LogP contribution < -0.4 is 5.32 Å². The first-order chi connectivity index (χ1) is 8.86. The minimum Gasteiger partial charge on any atom is -0.383 e. The highest BCUT2D eigenvalue weighted by atomic mass is 16.5. The summed E-state index contributed by atoms with van der Waals surface area (Å²) in [5.41, 5.74) is -0.381. The van der Waals surface area contributed by atoms with Gasteiger partial charge in [-0.2, -0.15) is 0 Å². The van der Waals surface area contributed by atoms with E-state index >= 15 is 0 Å². The number of ether oxygens (including phenoxy) is 1. The van der Waals surface area contributed by atoms with Gasteiger partial charge in [0.05, 0.1) is 12.5 Å². The Morgan fingerprint density at radius 2 is 2.05 bits per heavy atom. The van der Waals surface area contributed by atoms with Crippen LogP contribution >= 0.6 is 0 Å². The van der Waals surface area contributed by atoms with Gasteiger partial charge in [0.1, 0.15) is 0 Å². The van der Waals surface area contributed by atoms with Gasteiger partial charge in [-0.05, 0) is 12.8 Å². The lowest BCUT2D eigenvalue weighted by molar-refractivity contribution is -0.142. The molecule has 1 heterocycles. The third-order valence-electron chi connectivity index (χ3n) is 3.33. The lowest BCUT2D eigenvalue weighted by atomic mass is 9.91. The van der Waals surface area contributed by atoms with Crippen LogP contribution in [0, 0.1) is 11.3 Å². The largest absolute Gasteiger partial charge is 0.383 e. The molecule has 1 unspecified atom stereocenters. The SMILES string of the molecule is COCCNC(=O)C1CCCN(C(=O)C(C)(C)C)C1. The van der Waals surface area contributed by atoms with Crippen LogP contribution in [0.15, 0.2) is 0 Å². The van der Waals surface area contributed by atoms with Crippen molar-refractivity contribution in [3.63, 3.8) is 0 Å². The molecule has 5 nitrogen and oxygen atoms in total. The summed E-state index contributed by atoms with van der Waals surface area (Å²) in [5, 5.41) is 2.85. The van der Waals surface area contributed by atoms with Crippen molar-refractivity contribution >= 4 is 11.8 Å². The van der Waals surface area contributed by atoms with E-state index in [9.17, 15) is 9.59 Å². The number of methoxy groups -OCH3 is 1. The Hall–Kier alpha value is -1.10. The highest BCUT2D eigenvalue weighted by molar-refractivity contribution is 5.83.